The first-order valence-electron chi connectivity index (χ1n) is 3.33. The normalized spacial score (nSPS) is 14.4. The Morgan fingerprint density at radius 2 is 2.27 bits per heavy atom. The summed E-state index contributed by atoms with van der Waals surface area (Å²) >= 11 is 0. The number of cyclic esters (lactones) is 1. The number of carbonyl (C=O) groups is 1. The summed E-state index contributed by atoms with van der Waals surface area (Å²) in [5, 5.41) is 0. The number of hydrogen-bond acceptors (Lipinski definition) is 2. The first-order valence-corrected chi connectivity index (χ1v) is 3.33. The molecule has 0 aliphatic carbocycles. The molecule has 0 bridgehead atoms. The van der Waals surface area contributed by atoms with E-state index in [1.165, 1.54) is 0 Å². The lowest BCUT2D eigenvalue weighted by atomic mass is 9.93. The Morgan fingerprint density at radius 3 is 3.09 bits per heavy atom. The molecule has 3 heteroatoms. The predicted molar refractivity (Wildman–Crippen MR) is 40.9 cm³/mol. The zero-order valence-electron chi connectivity index (χ0n) is 5.83. The molecule has 2 radical (unpaired) electrons. The molecule has 11 heavy (non-hydrogen) atoms. The van der Waals surface area contributed by atoms with Crippen LogP contribution in [-0.4, -0.2) is 13.8 Å². The molecule has 0 spiro atoms. The van der Waals surface area contributed by atoms with Gasteiger partial charge in [0.2, 0.25) is 0 Å². The predicted octanol–water partition coefficient (Wildman–Crippen LogP) is 0.151. The third kappa shape index (κ3) is 0.927. The highest BCUT2D eigenvalue weighted by Crippen LogP contribution is 2.17. The Balaban J connectivity index is 2.59. The molecule has 1 aliphatic rings. The molecule has 1 aliphatic heterocycles. The molecule has 0 unspecified atom stereocenters. The molecular formula is C8H5BO2. The maximum Gasteiger partial charge on any atom is 0.338 e. The standard InChI is InChI=1S/C8H5BO2/c9-6-1-2-7-5(3-6)4-11-8(7)10/h1-3H,4H2. The van der Waals surface area contributed by atoms with Crippen LogP contribution >= 0.6 is 0 Å². The zero-order chi connectivity index (χ0) is 7.84. The summed E-state index contributed by atoms with van der Waals surface area (Å²) in [6.45, 7) is 0.360. The lowest BCUT2D eigenvalue weighted by Gasteiger charge is -1.94. The Bertz CT molecular complexity index is 320. The lowest BCUT2D eigenvalue weighted by Crippen LogP contribution is -2.03. The number of benzene rings is 1. The van der Waals surface area contributed by atoms with Gasteiger partial charge >= 0.3 is 5.97 Å². The van der Waals surface area contributed by atoms with Gasteiger partial charge in [0.1, 0.15) is 14.5 Å². The van der Waals surface area contributed by atoms with Crippen LogP contribution in [0, 0.1) is 0 Å². The fourth-order valence-electron chi connectivity index (χ4n) is 1.15. The van der Waals surface area contributed by atoms with Crippen LogP contribution in [0.3, 0.4) is 0 Å². The fourth-order valence-corrected chi connectivity index (χ4v) is 1.15. The van der Waals surface area contributed by atoms with Gasteiger partial charge in [0.25, 0.3) is 0 Å². The number of fused-ring (bicyclic) bond motifs is 1. The first-order chi connectivity index (χ1) is 5.27. The number of carbonyl (C=O) groups excluding carboxylic acids is 1. The van der Waals surface area contributed by atoms with Gasteiger partial charge in [-0.25, -0.2) is 4.79 Å². The molecule has 0 saturated heterocycles. The van der Waals surface area contributed by atoms with Gasteiger partial charge in [0.15, 0.2) is 0 Å². The molecule has 0 atom stereocenters. The quantitative estimate of drug-likeness (QED) is 0.382. The van der Waals surface area contributed by atoms with Crippen molar-refractivity contribution >= 4 is 19.3 Å². The van der Waals surface area contributed by atoms with Gasteiger partial charge < -0.3 is 4.74 Å². The monoisotopic (exact) mass is 144 g/mol. The topological polar surface area (TPSA) is 26.3 Å². The van der Waals surface area contributed by atoms with Gasteiger partial charge in [0.05, 0.1) is 5.56 Å². The Labute approximate surface area is 65.6 Å². The number of ether oxygens (including phenoxy) is 1. The highest BCUT2D eigenvalue weighted by atomic mass is 16.5. The number of esters is 1. The average Bonchev–Trinajstić information content (AvgIpc) is 2.32. The van der Waals surface area contributed by atoms with Crippen molar-refractivity contribution in [2.24, 2.45) is 0 Å². The summed E-state index contributed by atoms with van der Waals surface area (Å²) in [6.07, 6.45) is 0. The van der Waals surface area contributed by atoms with Crippen LogP contribution < -0.4 is 5.46 Å². The van der Waals surface area contributed by atoms with Crippen LogP contribution in [0.15, 0.2) is 18.2 Å². The van der Waals surface area contributed by atoms with Crippen LogP contribution in [0.4, 0.5) is 0 Å². The van der Waals surface area contributed by atoms with Crippen molar-refractivity contribution in [2.75, 3.05) is 0 Å². The molecule has 1 aromatic rings. The third-order valence-electron chi connectivity index (χ3n) is 1.71. The van der Waals surface area contributed by atoms with Crippen molar-refractivity contribution in [3.63, 3.8) is 0 Å². The Kier molecular flexibility index (Phi) is 1.25. The summed E-state index contributed by atoms with van der Waals surface area (Å²) in [7, 11) is 5.51. The van der Waals surface area contributed by atoms with Gasteiger partial charge in [-0.15, -0.1) is 0 Å². The second kappa shape index (κ2) is 2.12. The average molecular weight is 144 g/mol. The minimum atomic E-state index is -0.250. The summed E-state index contributed by atoms with van der Waals surface area (Å²) in [5.41, 5.74) is 2.19. The number of hydrogen-bond donors (Lipinski definition) is 0. The van der Waals surface area contributed by atoms with E-state index < -0.39 is 0 Å². The highest BCUT2D eigenvalue weighted by molar-refractivity contribution is 6.32. The highest BCUT2D eigenvalue weighted by Gasteiger charge is 2.19. The summed E-state index contributed by atoms with van der Waals surface area (Å²) in [5.74, 6) is -0.250. The molecule has 0 N–H and O–H groups in total. The second-order valence-corrected chi connectivity index (χ2v) is 2.49. The van der Waals surface area contributed by atoms with Crippen molar-refractivity contribution in [3.05, 3.63) is 29.3 Å². The molecule has 0 aromatic heterocycles. The summed E-state index contributed by atoms with van der Waals surface area (Å²) in [4.78, 5) is 10.9. The van der Waals surface area contributed by atoms with E-state index in [0.717, 1.165) is 5.56 Å². The lowest BCUT2D eigenvalue weighted by molar-refractivity contribution is 0.0535. The van der Waals surface area contributed by atoms with Crippen molar-refractivity contribution in [1.82, 2.24) is 0 Å². The minimum Gasteiger partial charge on any atom is -0.457 e. The molecule has 52 valence electrons. The zero-order valence-corrected chi connectivity index (χ0v) is 5.83. The van der Waals surface area contributed by atoms with E-state index in [-0.39, 0.29) is 5.97 Å². The van der Waals surface area contributed by atoms with Gasteiger partial charge in [-0.1, -0.05) is 17.6 Å². The maximum atomic E-state index is 10.9. The second-order valence-electron chi connectivity index (χ2n) is 2.49. The molecule has 1 heterocycles. The SMILES string of the molecule is [B]c1ccc2c(c1)COC2=O. The van der Waals surface area contributed by atoms with E-state index in [0.29, 0.717) is 17.6 Å². The Hall–Kier alpha value is -1.25. The van der Waals surface area contributed by atoms with Gasteiger partial charge in [-0.2, -0.15) is 0 Å². The molecule has 2 rings (SSSR count). The van der Waals surface area contributed by atoms with Crippen LogP contribution in [0.25, 0.3) is 0 Å². The third-order valence-corrected chi connectivity index (χ3v) is 1.71. The van der Waals surface area contributed by atoms with Crippen LogP contribution in [-0.2, 0) is 11.3 Å². The first kappa shape index (κ1) is 6.46. The number of rotatable bonds is 0. The summed E-state index contributed by atoms with van der Waals surface area (Å²) in [6, 6.07) is 5.16. The van der Waals surface area contributed by atoms with E-state index in [4.69, 9.17) is 12.6 Å². The largest absolute Gasteiger partial charge is 0.457 e. The fraction of sp³-hybridized carbons (Fsp3) is 0.125. The molecule has 2 nitrogen and oxygen atoms in total. The maximum absolute atomic E-state index is 10.9. The summed E-state index contributed by atoms with van der Waals surface area (Å²) < 4.78 is 4.78. The van der Waals surface area contributed by atoms with E-state index in [9.17, 15) is 4.79 Å². The van der Waals surface area contributed by atoms with Gasteiger partial charge in [-0.3, -0.25) is 0 Å². The molecule has 1 aromatic carbocycles. The van der Waals surface area contributed by atoms with Crippen molar-refractivity contribution < 1.29 is 9.53 Å². The van der Waals surface area contributed by atoms with Crippen molar-refractivity contribution in [3.8, 4) is 0 Å². The smallest absolute Gasteiger partial charge is 0.338 e. The molecule has 0 fully saturated rings. The van der Waals surface area contributed by atoms with Gasteiger partial charge in [0, 0.05) is 5.56 Å². The van der Waals surface area contributed by atoms with Crippen molar-refractivity contribution in [1.29, 1.82) is 0 Å². The van der Waals surface area contributed by atoms with E-state index in [1.807, 2.05) is 0 Å². The van der Waals surface area contributed by atoms with E-state index in [1.54, 1.807) is 18.2 Å². The van der Waals surface area contributed by atoms with Crippen LogP contribution in [0.2, 0.25) is 0 Å². The molecule has 0 amide bonds. The van der Waals surface area contributed by atoms with Gasteiger partial charge in [-0.05, 0) is 6.07 Å². The minimum absolute atomic E-state index is 0.250. The molecule has 0 saturated carbocycles. The van der Waals surface area contributed by atoms with E-state index in [2.05, 4.69) is 0 Å². The van der Waals surface area contributed by atoms with Crippen LogP contribution in [0.1, 0.15) is 15.9 Å². The van der Waals surface area contributed by atoms with E-state index >= 15 is 0 Å². The van der Waals surface area contributed by atoms with Crippen LogP contribution in [0.5, 0.6) is 0 Å². The molecular weight excluding hydrogens is 139 g/mol. The van der Waals surface area contributed by atoms with Crippen molar-refractivity contribution in [2.45, 2.75) is 6.61 Å². The Morgan fingerprint density at radius 1 is 1.45 bits per heavy atom.